The molecule has 112 valence electrons. The van der Waals surface area contributed by atoms with E-state index in [0.29, 0.717) is 0 Å². The molecule has 0 atom stereocenters. The van der Waals surface area contributed by atoms with Crippen LogP contribution in [0, 0.1) is 5.41 Å². The highest BCUT2D eigenvalue weighted by Crippen LogP contribution is 2.35. The van der Waals surface area contributed by atoms with E-state index in [0.717, 1.165) is 12.1 Å². The van der Waals surface area contributed by atoms with E-state index in [2.05, 4.69) is 0 Å². The van der Waals surface area contributed by atoms with Crippen LogP contribution in [0.1, 0.15) is 19.4 Å². The first kappa shape index (κ1) is 15.1. The summed E-state index contributed by atoms with van der Waals surface area (Å²) < 4.78 is 33.0. The van der Waals surface area contributed by atoms with Gasteiger partial charge in [-0.1, -0.05) is 13.8 Å². The monoisotopic (exact) mass is 294 g/mol. The molecule has 0 spiro atoms. The zero-order valence-electron chi connectivity index (χ0n) is 11.7. The minimum absolute atomic E-state index is 0.0113. The number of allylic oxidation sites excluding steroid dienone is 4. The Bertz CT molecular complexity index is 611. The fourth-order valence-electron chi connectivity index (χ4n) is 1.98. The van der Waals surface area contributed by atoms with E-state index in [1.54, 1.807) is 19.9 Å². The van der Waals surface area contributed by atoms with Crippen LogP contribution < -0.4 is 0 Å². The van der Waals surface area contributed by atoms with Crippen LogP contribution in [0.5, 0.6) is 5.75 Å². The molecule has 1 aliphatic rings. The zero-order valence-corrected chi connectivity index (χ0v) is 11.7. The highest BCUT2D eigenvalue weighted by atomic mass is 19.3. The summed E-state index contributed by atoms with van der Waals surface area (Å²) in [6.07, 6.45) is 2.09. The molecule has 0 saturated carbocycles. The first-order valence-electron chi connectivity index (χ1n) is 6.37. The van der Waals surface area contributed by atoms with Crippen molar-refractivity contribution in [2.75, 3.05) is 0 Å². The van der Waals surface area contributed by atoms with Crippen LogP contribution in [0.25, 0.3) is 0 Å². The summed E-state index contributed by atoms with van der Waals surface area (Å²) in [5, 5.41) is 18.7. The van der Waals surface area contributed by atoms with Crippen molar-refractivity contribution in [3.8, 4) is 5.75 Å². The number of phenols is 1. The second-order valence-electron chi connectivity index (χ2n) is 5.44. The number of alkyl halides is 2. The smallest absolute Gasteiger partial charge is 0.426 e. The molecule has 21 heavy (non-hydrogen) atoms. The summed E-state index contributed by atoms with van der Waals surface area (Å²) in [5.41, 5.74) is -0.984. The molecule has 0 bridgehead atoms. The van der Waals surface area contributed by atoms with Crippen LogP contribution in [-0.2, 0) is 10.8 Å². The van der Waals surface area contributed by atoms with E-state index in [4.69, 9.17) is 9.84 Å². The van der Waals surface area contributed by atoms with E-state index in [1.807, 2.05) is 0 Å². The minimum Gasteiger partial charge on any atom is -0.508 e. The van der Waals surface area contributed by atoms with Gasteiger partial charge in [0.1, 0.15) is 17.3 Å². The number of ether oxygens (including phenoxy) is 1. The van der Waals surface area contributed by atoms with Gasteiger partial charge in [-0.25, -0.2) is 0 Å². The third-order valence-electron chi connectivity index (χ3n) is 2.90. The van der Waals surface area contributed by atoms with Crippen molar-refractivity contribution in [2.24, 2.45) is 5.41 Å². The summed E-state index contributed by atoms with van der Waals surface area (Å²) in [6.45, 7) is 3.52. The summed E-state index contributed by atoms with van der Waals surface area (Å²) in [7, 11) is 0. The van der Waals surface area contributed by atoms with Crippen LogP contribution in [0.15, 0.2) is 60.1 Å². The number of phenolic OH excluding ortho intramolecular Hbond substituents is 1. The summed E-state index contributed by atoms with van der Waals surface area (Å²) in [5.74, 6) is -0.153. The van der Waals surface area contributed by atoms with Crippen molar-refractivity contribution >= 4 is 0 Å². The molecule has 0 amide bonds. The summed E-state index contributed by atoms with van der Waals surface area (Å²) in [4.78, 5) is 0. The number of halogens is 2. The Labute approximate surface area is 121 Å². The van der Waals surface area contributed by atoms with Gasteiger partial charge in [-0.3, -0.25) is 0 Å². The predicted octanol–water partition coefficient (Wildman–Crippen LogP) is 4.38. The number of aliphatic hydroxyl groups is 1. The third-order valence-corrected chi connectivity index (χ3v) is 2.90. The average molecular weight is 294 g/mol. The van der Waals surface area contributed by atoms with E-state index in [1.165, 1.54) is 30.4 Å². The molecule has 0 unspecified atom stereocenters. The Kier molecular flexibility index (Phi) is 3.77. The van der Waals surface area contributed by atoms with Gasteiger partial charge in [-0.15, -0.1) is 0 Å². The number of hydrogen-bond donors (Lipinski definition) is 2. The van der Waals surface area contributed by atoms with Crippen molar-refractivity contribution < 1.29 is 23.7 Å². The second-order valence-corrected chi connectivity index (χ2v) is 5.44. The van der Waals surface area contributed by atoms with Gasteiger partial charge in [0.2, 0.25) is 0 Å². The number of hydrogen-bond acceptors (Lipinski definition) is 3. The van der Waals surface area contributed by atoms with Crippen molar-refractivity contribution in [1.29, 1.82) is 0 Å². The summed E-state index contributed by atoms with van der Waals surface area (Å²) >= 11 is 0. The first-order chi connectivity index (χ1) is 9.68. The molecular weight excluding hydrogens is 278 g/mol. The SMILES string of the molecule is CC1(C)C=C(O)C=CC(OC(F)(F)c2ccc(O)cc2)=C1. The lowest BCUT2D eigenvalue weighted by molar-refractivity contribution is -0.221. The molecule has 0 aliphatic heterocycles. The van der Waals surface area contributed by atoms with Crippen molar-refractivity contribution in [1.82, 2.24) is 0 Å². The Morgan fingerprint density at radius 3 is 2.24 bits per heavy atom. The number of rotatable bonds is 3. The maximum absolute atomic E-state index is 14.1. The Morgan fingerprint density at radius 1 is 1.00 bits per heavy atom. The van der Waals surface area contributed by atoms with Gasteiger partial charge in [0.25, 0.3) is 0 Å². The lowest BCUT2D eigenvalue weighted by atomic mass is 9.92. The van der Waals surface area contributed by atoms with Gasteiger partial charge in [0.05, 0.1) is 5.56 Å². The molecule has 0 fully saturated rings. The highest BCUT2D eigenvalue weighted by molar-refractivity contribution is 5.32. The van der Waals surface area contributed by atoms with Crippen LogP contribution in [0.2, 0.25) is 0 Å². The second kappa shape index (κ2) is 5.24. The predicted molar refractivity (Wildman–Crippen MR) is 74.8 cm³/mol. The van der Waals surface area contributed by atoms with Gasteiger partial charge in [-0.05, 0) is 48.6 Å². The molecule has 1 aliphatic carbocycles. The standard InChI is InChI=1S/C16H16F2O3/c1-15(2)9-13(20)7-8-14(10-15)21-16(17,18)11-3-5-12(19)6-4-11/h3-10,19-20H,1-2H3. The molecule has 0 heterocycles. The van der Waals surface area contributed by atoms with E-state index in [9.17, 15) is 13.9 Å². The molecule has 2 N–H and O–H groups in total. The maximum atomic E-state index is 14.1. The van der Waals surface area contributed by atoms with E-state index < -0.39 is 11.5 Å². The van der Waals surface area contributed by atoms with E-state index in [-0.39, 0.29) is 22.8 Å². The van der Waals surface area contributed by atoms with Gasteiger partial charge >= 0.3 is 6.11 Å². The lowest BCUT2D eigenvalue weighted by Crippen LogP contribution is -2.18. The minimum atomic E-state index is -3.54. The van der Waals surface area contributed by atoms with Crippen LogP contribution in [0.4, 0.5) is 8.78 Å². The van der Waals surface area contributed by atoms with Crippen molar-refractivity contribution in [3.05, 3.63) is 65.7 Å². The average Bonchev–Trinajstić information content (AvgIpc) is 2.46. The molecule has 0 saturated heterocycles. The molecular formula is C16H16F2O3. The largest absolute Gasteiger partial charge is 0.508 e. The molecule has 1 aromatic rings. The van der Waals surface area contributed by atoms with Gasteiger partial charge in [0.15, 0.2) is 0 Å². The Morgan fingerprint density at radius 2 is 1.62 bits per heavy atom. The highest BCUT2D eigenvalue weighted by Gasteiger charge is 2.35. The Hall–Kier alpha value is -2.30. The van der Waals surface area contributed by atoms with Crippen LogP contribution >= 0.6 is 0 Å². The number of benzene rings is 1. The first-order valence-corrected chi connectivity index (χ1v) is 6.37. The molecule has 3 nitrogen and oxygen atoms in total. The fourth-order valence-corrected chi connectivity index (χ4v) is 1.98. The Balaban J connectivity index is 2.26. The fraction of sp³-hybridized carbons (Fsp3) is 0.250. The van der Waals surface area contributed by atoms with Crippen LogP contribution in [-0.4, -0.2) is 10.2 Å². The third kappa shape index (κ3) is 3.84. The van der Waals surface area contributed by atoms with Crippen LogP contribution in [0.3, 0.4) is 0 Å². The summed E-state index contributed by atoms with van der Waals surface area (Å²) in [6, 6.07) is 4.52. The molecule has 2 rings (SSSR count). The zero-order chi connectivity index (χ0) is 15.7. The van der Waals surface area contributed by atoms with Gasteiger partial charge < -0.3 is 14.9 Å². The molecule has 1 aromatic carbocycles. The van der Waals surface area contributed by atoms with Crippen molar-refractivity contribution in [2.45, 2.75) is 20.0 Å². The number of aromatic hydroxyl groups is 1. The maximum Gasteiger partial charge on any atom is 0.426 e. The molecule has 5 heteroatoms. The molecule has 0 aromatic heterocycles. The lowest BCUT2D eigenvalue weighted by Gasteiger charge is -2.21. The quantitative estimate of drug-likeness (QED) is 0.869. The number of aliphatic hydroxyl groups excluding tert-OH is 1. The van der Waals surface area contributed by atoms with Crippen molar-refractivity contribution in [3.63, 3.8) is 0 Å². The van der Waals surface area contributed by atoms with Gasteiger partial charge in [0, 0.05) is 5.41 Å². The normalized spacial score (nSPS) is 17.7. The van der Waals surface area contributed by atoms with Gasteiger partial charge in [-0.2, -0.15) is 8.78 Å². The molecule has 0 radical (unpaired) electrons. The van der Waals surface area contributed by atoms with E-state index >= 15 is 0 Å². The topological polar surface area (TPSA) is 49.7 Å².